The smallest absolute Gasteiger partial charge is 0.264 e. The van der Waals surface area contributed by atoms with Crippen LogP contribution in [-0.4, -0.2) is 30.5 Å². The van der Waals surface area contributed by atoms with Crippen molar-refractivity contribution in [2.45, 2.75) is 33.1 Å². The molecule has 1 aromatic rings. The van der Waals surface area contributed by atoms with Crippen LogP contribution >= 0.6 is 0 Å². The van der Waals surface area contributed by atoms with Crippen LogP contribution in [0.25, 0.3) is 6.08 Å². The summed E-state index contributed by atoms with van der Waals surface area (Å²) in [6, 6.07) is 9.53. The van der Waals surface area contributed by atoms with Crippen molar-refractivity contribution in [3.8, 4) is 11.8 Å². The standard InChI is InChI=1S/C19H24N2O2/c1-15(2)9-12-23-18-7-5-16(6-8-18)13-17(14-20)19(22)21-10-3-4-11-21/h5-8,13,15H,3-4,9-12H2,1-2H3/b17-13+. The molecule has 1 aliphatic rings. The molecule has 0 N–H and O–H groups in total. The molecule has 0 spiro atoms. The zero-order valence-corrected chi connectivity index (χ0v) is 13.9. The number of rotatable bonds is 6. The van der Waals surface area contributed by atoms with E-state index in [4.69, 9.17) is 4.74 Å². The highest BCUT2D eigenvalue weighted by atomic mass is 16.5. The third-order valence-corrected chi connectivity index (χ3v) is 3.90. The SMILES string of the molecule is CC(C)CCOc1ccc(/C=C(\C#N)C(=O)N2CCCC2)cc1. The molecule has 1 aliphatic heterocycles. The Labute approximate surface area is 138 Å². The molecule has 0 aliphatic carbocycles. The van der Waals surface area contributed by atoms with Crippen LogP contribution in [0.2, 0.25) is 0 Å². The topological polar surface area (TPSA) is 53.3 Å². The molecule has 0 unspecified atom stereocenters. The number of nitriles is 1. The Kier molecular flexibility index (Phi) is 6.22. The molecule has 1 heterocycles. The summed E-state index contributed by atoms with van der Waals surface area (Å²) < 4.78 is 5.67. The molecule has 1 amide bonds. The zero-order valence-electron chi connectivity index (χ0n) is 13.9. The van der Waals surface area contributed by atoms with Crippen LogP contribution in [-0.2, 0) is 4.79 Å². The van der Waals surface area contributed by atoms with E-state index in [0.717, 1.165) is 43.7 Å². The molecule has 0 aromatic heterocycles. The van der Waals surface area contributed by atoms with E-state index in [-0.39, 0.29) is 11.5 Å². The summed E-state index contributed by atoms with van der Waals surface area (Å²) in [6.45, 7) is 6.53. The van der Waals surface area contributed by atoms with Crippen LogP contribution in [0.3, 0.4) is 0 Å². The second-order valence-corrected chi connectivity index (χ2v) is 6.27. The molecule has 0 atom stereocenters. The molecular formula is C19H24N2O2. The first-order valence-corrected chi connectivity index (χ1v) is 8.24. The van der Waals surface area contributed by atoms with E-state index in [1.807, 2.05) is 30.3 Å². The highest BCUT2D eigenvalue weighted by Crippen LogP contribution is 2.17. The summed E-state index contributed by atoms with van der Waals surface area (Å²) in [5.41, 5.74) is 1.03. The van der Waals surface area contributed by atoms with Crippen molar-refractivity contribution in [3.63, 3.8) is 0 Å². The zero-order chi connectivity index (χ0) is 16.7. The van der Waals surface area contributed by atoms with Crippen molar-refractivity contribution < 1.29 is 9.53 Å². The Bertz CT molecular complexity index is 591. The van der Waals surface area contributed by atoms with E-state index in [2.05, 4.69) is 13.8 Å². The largest absolute Gasteiger partial charge is 0.494 e. The maximum Gasteiger partial charge on any atom is 0.264 e. The van der Waals surface area contributed by atoms with E-state index >= 15 is 0 Å². The number of hydrogen-bond acceptors (Lipinski definition) is 3. The number of nitrogens with zero attached hydrogens (tertiary/aromatic N) is 2. The lowest BCUT2D eigenvalue weighted by Crippen LogP contribution is -2.28. The summed E-state index contributed by atoms with van der Waals surface area (Å²) in [6.07, 6.45) is 4.71. The molecule has 2 rings (SSSR count). The van der Waals surface area contributed by atoms with Gasteiger partial charge in [0.1, 0.15) is 17.4 Å². The number of likely N-dealkylation sites (tertiary alicyclic amines) is 1. The molecule has 122 valence electrons. The third-order valence-electron chi connectivity index (χ3n) is 3.90. The quantitative estimate of drug-likeness (QED) is 0.595. The minimum atomic E-state index is -0.165. The van der Waals surface area contributed by atoms with Crippen molar-refractivity contribution in [2.24, 2.45) is 5.92 Å². The summed E-state index contributed by atoms with van der Waals surface area (Å²) in [5.74, 6) is 1.27. The van der Waals surface area contributed by atoms with Crippen molar-refractivity contribution in [3.05, 3.63) is 35.4 Å². The van der Waals surface area contributed by atoms with E-state index in [0.29, 0.717) is 12.5 Å². The Hall–Kier alpha value is -2.28. The highest BCUT2D eigenvalue weighted by molar-refractivity contribution is 6.01. The predicted molar refractivity (Wildman–Crippen MR) is 90.8 cm³/mol. The molecule has 4 nitrogen and oxygen atoms in total. The van der Waals surface area contributed by atoms with Gasteiger partial charge in [0.2, 0.25) is 0 Å². The Morgan fingerprint density at radius 1 is 1.30 bits per heavy atom. The van der Waals surface area contributed by atoms with Gasteiger partial charge in [-0.3, -0.25) is 4.79 Å². The molecule has 1 saturated heterocycles. The first-order chi connectivity index (χ1) is 11.1. The molecule has 0 bridgehead atoms. The molecule has 4 heteroatoms. The minimum Gasteiger partial charge on any atom is -0.494 e. The van der Waals surface area contributed by atoms with Gasteiger partial charge in [0.25, 0.3) is 5.91 Å². The lowest BCUT2D eigenvalue weighted by atomic mass is 10.1. The van der Waals surface area contributed by atoms with Crippen LogP contribution in [0, 0.1) is 17.2 Å². The first-order valence-electron chi connectivity index (χ1n) is 8.24. The lowest BCUT2D eigenvalue weighted by Gasteiger charge is -2.14. The van der Waals surface area contributed by atoms with Crippen LogP contribution in [0.1, 0.15) is 38.7 Å². The highest BCUT2D eigenvalue weighted by Gasteiger charge is 2.21. The van der Waals surface area contributed by atoms with Crippen molar-refractivity contribution in [2.75, 3.05) is 19.7 Å². The Morgan fingerprint density at radius 2 is 1.96 bits per heavy atom. The minimum absolute atomic E-state index is 0.165. The number of benzene rings is 1. The number of hydrogen-bond donors (Lipinski definition) is 0. The second-order valence-electron chi connectivity index (χ2n) is 6.27. The monoisotopic (exact) mass is 312 g/mol. The van der Waals surface area contributed by atoms with Gasteiger partial charge in [-0.15, -0.1) is 0 Å². The number of amides is 1. The second kappa shape index (κ2) is 8.38. The average Bonchev–Trinajstić information content (AvgIpc) is 3.07. The number of carbonyl (C=O) groups excluding carboxylic acids is 1. The van der Waals surface area contributed by atoms with Crippen LogP contribution in [0.5, 0.6) is 5.75 Å². The van der Waals surface area contributed by atoms with Crippen molar-refractivity contribution >= 4 is 12.0 Å². The summed E-state index contributed by atoms with van der Waals surface area (Å²) in [7, 11) is 0. The third kappa shape index (κ3) is 5.14. The molecular weight excluding hydrogens is 288 g/mol. The fraction of sp³-hybridized carbons (Fsp3) is 0.474. The summed E-state index contributed by atoms with van der Waals surface area (Å²) >= 11 is 0. The van der Waals surface area contributed by atoms with Gasteiger partial charge < -0.3 is 9.64 Å². The lowest BCUT2D eigenvalue weighted by molar-refractivity contribution is -0.125. The van der Waals surface area contributed by atoms with E-state index in [1.54, 1.807) is 11.0 Å². The Morgan fingerprint density at radius 3 is 2.52 bits per heavy atom. The van der Waals surface area contributed by atoms with Gasteiger partial charge in [-0.25, -0.2) is 0 Å². The van der Waals surface area contributed by atoms with E-state index in [1.165, 1.54) is 0 Å². The summed E-state index contributed by atoms with van der Waals surface area (Å²) in [4.78, 5) is 14.0. The molecule has 0 radical (unpaired) electrons. The number of carbonyl (C=O) groups is 1. The maximum atomic E-state index is 12.3. The fourth-order valence-electron chi connectivity index (χ4n) is 2.47. The average molecular weight is 312 g/mol. The van der Waals surface area contributed by atoms with Crippen LogP contribution in [0.4, 0.5) is 0 Å². The predicted octanol–water partition coefficient (Wildman–Crippen LogP) is 3.64. The van der Waals surface area contributed by atoms with E-state index < -0.39 is 0 Å². The fourth-order valence-corrected chi connectivity index (χ4v) is 2.47. The van der Waals surface area contributed by atoms with Crippen LogP contribution in [0.15, 0.2) is 29.8 Å². The van der Waals surface area contributed by atoms with Gasteiger partial charge in [-0.05, 0) is 49.0 Å². The van der Waals surface area contributed by atoms with Crippen molar-refractivity contribution in [1.82, 2.24) is 4.90 Å². The van der Waals surface area contributed by atoms with Crippen molar-refractivity contribution in [1.29, 1.82) is 5.26 Å². The molecule has 1 fully saturated rings. The maximum absolute atomic E-state index is 12.3. The van der Waals surface area contributed by atoms with E-state index in [9.17, 15) is 10.1 Å². The molecule has 0 saturated carbocycles. The molecule has 1 aromatic carbocycles. The normalized spacial score (nSPS) is 14.9. The van der Waals surface area contributed by atoms with Gasteiger partial charge in [0, 0.05) is 13.1 Å². The van der Waals surface area contributed by atoms with Gasteiger partial charge in [0.15, 0.2) is 0 Å². The number of ether oxygens (including phenoxy) is 1. The van der Waals surface area contributed by atoms with Gasteiger partial charge in [-0.1, -0.05) is 26.0 Å². The molecule has 23 heavy (non-hydrogen) atoms. The summed E-state index contributed by atoms with van der Waals surface area (Å²) in [5, 5.41) is 9.25. The van der Waals surface area contributed by atoms with Gasteiger partial charge >= 0.3 is 0 Å². The first kappa shape index (κ1) is 17.1. The Balaban J connectivity index is 1.99. The van der Waals surface area contributed by atoms with Crippen LogP contribution < -0.4 is 4.74 Å². The van der Waals surface area contributed by atoms with Gasteiger partial charge in [-0.2, -0.15) is 5.26 Å². The van der Waals surface area contributed by atoms with Gasteiger partial charge in [0.05, 0.1) is 6.61 Å².